The van der Waals surface area contributed by atoms with Crippen LogP contribution in [0.5, 0.6) is 5.88 Å². The minimum absolute atomic E-state index is 0.194. The number of aromatic amines is 1. The third-order valence-corrected chi connectivity index (χ3v) is 7.43. The van der Waals surface area contributed by atoms with E-state index in [1.807, 2.05) is 54.6 Å². The van der Waals surface area contributed by atoms with Gasteiger partial charge in [0.25, 0.3) is 17.4 Å². The van der Waals surface area contributed by atoms with E-state index < -0.39 is 35.0 Å². The summed E-state index contributed by atoms with van der Waals surface area (Å²) in [5, 5.41) is 12.8. The molecule has 1 aromatic heterocycles. The molecular weight excluding hydrogens is 596 g/mol. The molecule has 3 N–H and O–H groups in total. The molecule has 1 saturated heterocycles. The molecule has 2 heterocycles. The van der Waals surface area contributed by atoms with Gasteiger partial charge in [-0.15, -0.1) is 0 Å². The van der Waals surface area contributed by atoms with Crippen molar-refractivity contribution in [1.29, 1.82) is 0 Å². The second-order valence-corrected chi connectivity index (χ2v) is 10.4. The predicted octanol–water partition coefficient (Wildman–Crippen LogP) is 5.20. The number of urea groups is 1. The number of nitrogens with one attached hydrogen (secondary N) is 2. The fraction of sp³-hybridized carbons (Fsp3) is 0. The van der Waals surface area contributed by atoms with Crippen molar-refractivity contribution in [2.45, 2.75) is 0 Å². The van der Waals surface area contributed by atoms with Gasteiger partial charge in [0, 0.05) is 0 Å². The Morgan fingerprint density at radius 3 is 1.89 bits per heavy atom. The van der Waals surface area contributed by atoms with Crippen LogP contribution in [0.15, 0.2) is 149 Å². The van der Waals surface area contributed by atoms with Crippen LogP contribution >= 0.6 is 0 Å². The van der Waals surface area contributed by atoms with Crippen LogP contribution in [-0.2, 0) is 9.59 Å². The lowest BCUT2D eigenvalue weighted by Crippen LogP contribution is -2.54. The maximum atomic E-state index is 13.4. The lowest BCUT2D eigenvalue weighted by atomic mass is 9.98. The summed E-state index contributed by atoms with van der Waals surface area (Å²) < 4.78 is 0.902. The first-order chi connectivity index (χ1) is 22.8. The molecule has 47 heavy (non-hydrogen) atoms. The highest BCUT2D eigenvalue weighted by Gasteiger charge is 2.36. The molecule has 0 radical (unpaired) electrons. The van der Waals surface area contributed by atoms with Crippen molar-refractivity contribution >= 4 is 35.2 Å². The van der Waals surface area contributed by atoms with Crippen LogP contribution in [0.3, 0.4) is 0 Å². The largest absolute Gasteiger partial charge is 0.494 e. The van der Waals surface area contributed by atoms with Crippen LogP contribution in [0, 0.1) is 0 Å². The van der Waals surface area contributed by atoms with E-state index in [2.05, 4.69) is 10.3 Å². The van der Waals surface area contributed by atoms with Gasteiger partial charge in [-0.05, 0) is 58.7 Å². The normalized spacial score (nSPS) is 14.6. The Morgan fingerprint density at radius 1 is 0.681 bits per heavy atom. The van der Waals surface area contributed by atoms with Gasteiger partial charge < -0.3 is 5.11 Å². The lowest BCUT2D eigenvalue weighted by molar-refractivity contribution is -0.122. The molecule has 0 aliphatic carbocycles. The standard InChI is InChI=1S/C37H26N4O6/c42-32-30(34(44)40(36(46)38-32)28-12-6-2-7-13-28)22-20-27(26-18-16-25(17-19-26)24-10-4-1-5-11-24)21-23-31-33(43)39-37(47)41(35(31)45)29-14-8-3-9-15-29/h1-23,42H,(H,38,46)(H,39,43,47). The number of nitrogens with zero attached hydrogens (tertiary/aromatic N) is 2. The Morgan fingerprint density at radius 2 is 1.26 bits per heavy atom. The molecule has 10 nitrogen and oxygen atoms in total. The number of rotatable bonds is 7. The zero-order valence-corrected chi connectivity index (χ0v) is 24.7. The minimum Gasteiger partial charge on any atom is -0.494 e. The van der Waals surface area contributed by atoms with Crippen molar-refractivity contribution in [3.05, 3.63) is 171 Å². The van der Waals surface area contributed by atoms with Gasteiger partial charge in [0.1, 0.15) is 11.1 Å². The first-order valence-electron chi connectivity index (χ1n) is 14.5. The smallest absolute Gasteiger partial charge is 0.335 e. The number of carbonyl (C=O) groups excluding carboxylic acids is 3. The number of allylic oxidation sites excluding steroid dienone is 4. The van der Waals surface area contributed by atoms with Crippen molar-refractivity contribution in [3.63, 3.8) is 0 Å². The number of H-pyrrole nitrogens is 1. The maximum absolute atomic E-state index is 13.4. The number of hydrogen-bond acceptors (Lipinski definition) is 6. The zero-order valence-electron chi connectivity index (χ0n) is 24.7. The molecule has 4 amide bonds. The molecule has 0 saturated carbocycles. The summed E-state index contributed by atoms with van der Waals surface area (Å²) in [7, 11) is 0. The number of aromatic nitrogens is 2. The highest BCUT2D eigenvalue weighted by atomic mass is 16.3. The summed E-state index contributed by atoms with van der Waals surface area (Å²) in [6.45, 7) is 0. The van der Waals surface area contributed by atoms with Crippen molar-refractivity contribution in [3.8, 4) is 22.7 Å². The van der Waals surface area contributed by atoms with Gasteiger partial charge in [0.2, 0.25) is 5.88 Å². The van der Waals surface area contributed by atoms with Crippen molar-refractivity contribution in [2.24, 2.45) is 0 Å². The molecule has 6 rings (SSSR count). The Hall–Kier alpha value is -6.81. The topological polar surface area (TPSA) is 142 Å². The zero-order chi connectivity index (χ0) is 32.9. The second kappa shape index (κ2) is 13.0. The molecule has 1 aliphatic rings. The molecule has 0 spiro atoms. The van der Waals surface area contributed by atoms with Gasteiger partial charge in [0.05, 0.1) is 11.4 Å². The maximum Gasteiger partial charge on any atom is 0.335 e. The molecule has 4 aromatic carbocycles. The number of para-hydroxylation sites is 2. The highest BCUT2D eigenvalue weighted by Crippen LogP contribution is 2.26. The van der Waals surface area contributed by atoms with E-state index >= 15 is 0 Å². The second-order valence-electron chi connectivity index (χ2n) is 10.4. The van der Waals surface area contributed by atoms with Gasteiger partial charge in [-0.2, -0.15) is 0 Å². The number of benzene rings is 4. The molecule has 0 bridgehead atoms. The average molecular weight is 623 g/mol. The van der Waals surface area contributed by atoms with Crippen LogP contribution in [0.4, 0.5) is 10.5 Å². The monoisotopic (exact) mass is 622 g/mol. The van der Waals surface area contributed by atoms with Crippen LogP contribution in [-0.4, -0.2) is 32.5 Å². The minimum atomic E-state index is -0.868. The van der Waals surface area contributed by atoms with Crippen LogP contribution in [0.25, 0.3) is 28.5 Å². The number of barbiturate groups is 1. The number of carbonyl (C=O) groups is 3. The van der Waals surface area contributed by atoms with Crippen LogP contribution < -0.4 is 21.5 Å². The van der Waals surface area contributed by atoms with Crippen molar-refractivity contribution in [2.75, 3.05) is 4.90 Å². The third-order valence-electron chi connectivity index (χ3n) is 7.43. The quantitative estimate of drug-likeness (QED) is 0.129. The van der Waals surface area contributed by atoms with Gasteiger partial charge in [0.15, 0.2) is 0 Å². The number of anilines is 1. The molecular formula is C37H26N4O6. The summed E-state index contributed by atoms with van der Waals surface area (Å²) in [5.74, 6) is -2.30. The summed E-state index contributed by atoms with van der Waals surface area (Å²) in [4.78, 5) is 68.0. The summed E-state index contributed by atoms with van der Waals surface area (Å²) >= 11 is 0. The number of imide groups is 2. The Labute approximate surface area is 267 Å². The van der Waals surface area contributed by atoms with E-state index in [9.17, 15) is 29.1 Å². The van der Waals surface area contributed by atoms with E-state index in [1.54, 1.807) is 60.7 Å². The molecule has 10 heteroatoms. The van der Waals surface area contributed by atoms with Crippen LogP contribution in [0.2, 0.25) is 0 Å². The van der Waals surface area contributed by atoms with Crippen molar-refractivity contribution in [1.82, 2.24) is 14.9 Å². The summed E-state index contributed by atoms with van der Waals surface area (Å²) in [6, 6.07) is 32.8. The molecule has 230 valence electrons. The molecule has 5 aromatic rings. The highest BCUT2D eigenvalue weighted by molar-refractivity contribution is 6.37. The van der Waals surface area contributed by atoms with Gasteiger partial charge >= 0.3 is 11.7 Å². The predicted molar refractivity (Wildman–Crippen MR) is 179 cm³/mol. The molecule has 0 atom stereocenters. The summed E-state index contributed by atoms with van der Waals surface area (Å²) in [5.41, 5.74) is 1.57. The Bertz CT molecular complexity index is 2200. The fourth-order valence-corrected chi connectivity index (χ4v) is 5.07. The van der Waals surface area contributed by atoms with Gasteiger partial charge in [-0.1, -0.05) is 103 Å². The third kappa shape index (κ3) is 6.24. The Kier molecular flexibility index (Phi) is 8.39. The van der Waals surface area contributed by atoms with E-state index in [1.165, 1.54) is 24.3 Å². The first kappa shape index (κ1) is 30.2. The number of amides is 4. The Balaban J connectivity index is 1.44. The SMILES string of the molecule is O=C1NC(=O)N(c2ccccc2)C(=O)C1=CC=C(C=Cc1c(O)[nH]c(=O)n(-c2ccccc2)c1=O)c1ccc(-c2ccccc2)cc1. The number of aromatic hydroxyl groups is 1. The van der Waals surface area contributed by atoms with Gasteiger partial charge in [-0.25, -0.2) is 19.1 Å². The molecule has 0 unspecified atom stereocenters. The van der Waals surface area contributed by atoms with Crippen LogP contribution in [0.1, 0.15) is 11.1 Å². The molecule has 1 aliphatic heterocycles. The summed E-state index contributed by atoms with van der Waals surface area (Å²) in [6.07, 6.45) is 5.65. The first-order valence-corrected chi connectivity index (χ1v) is 14.5. The average Bonchev–Trinajstić information content (AvgIpc) is 3.08. The fourth-order valence-electron chi connectivity index (χ4n) is 5.07. The van der Waals surface area contributed by atoms with E-state index in [-0.39, 0.29) is 16.8 Å². The molecule has 1 fully saturated rings. The van der Waals surface area contributed by atoms with E-state index in [0.717, 1.165) is 20.6 Å². The van der Waals surface area contributed by atoms with Crippen molar-refractivity contribution < 1.29 is 19.5 Å². The van der Waals surface area contributed by atoms with E-state index in [0.29, 0.717) is 16.8 Å². The van der Waals surface area contributed by atoms with Gasteiger partial charge in [-0.3, -0.25) is 24.7 Å². The number of hydrogen-bond donors (Lipinski definition) is 3. The lowest BCUT2D eigenvalue weighted by Gasteiger charge is -2.26. The van der Waals surface area contributed by atoms with E-state index in [4.69, 9.17) is 0 Å².